The maximum atomic E-state index is 11.5. The van der Waals surface area contributed by atoms with Gasteiger partial charge in [0.05, 0.1) is 18.6 Å². The third-order valence-electron chi connectivity index (χ3n) is 7.08. The van der Waals surface area contributed by atoms with Crippen molar-refractivity contribution in [3.8, 4) is 0 Å². The first-order valence-corrected chi connectivity index (χ1v) is 9.89. The molecule has 0 saturated heterocycles. The van der Waals surface area contributed by atoms with E-state index in [0.717, 1.165) is 0 Å². The third-order valence-corrected chi connectivity index (χ3v) is 7.08. The van der Waals surface area contributed by atoms with Crippen LogP contribution in [0.2, 0.25) is 0 Å². The Morgan fingerprint density at radius 2 is 1.31 bits per heavy atom. The lowest BCUT2D eigenvalue weighted by atomic mass is 9.30. The van der Waals surface area contributed by atoms with Crippen molar-refractivity contribution in [2.45, 2.75) is 40.8 Å². The SMILES string of the molecule is NC(=O)c1ccc(C2C(O)[C@@]3(O)C(c4ccc(C(N)=O)cc4)[C@@](O)([C@H](O)CO)[C@@]23O)cc1. The van der Waals surface area contributed by atoms with Crippen LogP contribution in [0.5, 0.6) is 0 Å². The fourth-order valence-electron chi connectivity index (χ4n) is 5.51. The van der Waals surface area contributed by atoms with Gasteiger partial charge in [-0.25, -0.2) is 0 Å². The molecule has 2 aromatic carbocycles. The van der Waals surface area contributed by atoms with Crippen molar-refractivity contribution in [3.05, 3.63) is 70.8 Å². The standard InChI is InChI=1S/C22H24N2O8/c23-18(28)12-5-1-10(2-6-12)15-17(27)21(31)16(11-3-7-13(8-4-11)19(24)29)20(30,14(26)9-25)22(15,21)32/h1-8,14-17,25-27,30-32H,9H2,(H2,23,28)(H2,24,29)/t14-,15?,16?,17?,20+,21+,22+/m1/s1. The summed E-state index contributed by atoms with van der Waals surface area (Å²) in [5, 5.41) is 65.3. The summed E-state index contributed by atoms with van der Waals surface area (Å²) in [6.07, 6.45) is -3.45. The van der Waals surface area contributed by atoms with Crippen molar-refractivity contribution < 1.29 is 40.2 Å². The molecule has 0 heterocycles. The molecule has 0 aliphatic heterocycles. The van der Waals surface area contributed by atoms with Gasteiger partial charge in [-0.05, 0) is 35.4 Å². The van der Waals surface area contributed by atoms with Crippen LogP contribution >= 0.6 is 0 Å². The number of nitrogens with two attached hydrogens (primary N) is 2. The predicted molar refractivity (Wildman–Crippen MR) is 109 cm³/mol. The van der Waals surface area contributed by atoms with Gasteiger partial charge in [-0.3, -0.25) is 9.59 Å². The number of rotatable bonds is 6. The minimum atomic E-state index is -2.46. The number of benzene rings is 2. The average Bonchev–Trinajstić information content (AvgIpc) is 2.78. The van der Waals surface area contributed by atoms with E-state index in [1.165, 1.54) is 48.5 Å². The molecule has 10 N–H and O–H groups in total. The Balaban J connectivity index is 1.80. The van der Waals surface area contributed by atoms with Crippen molar-refractivity contribution in [2.75, 3.05) is 6.61 Å². The van der Waals surface area contributed by atoms with Crippen LogP contribution in [-0.4, -0.2) is 78.1 Å². The Bertz CT molecular complexity index is 1070. The smallest absolute Gasteiger partial charge is 0.248 e. The highest BCUT2D eigenvalue weighted by molar-refractivity contribution is 5.93. The van der Waals surface area contributed by atoms with E-state index in [9.17, 15) is 40.2 Å². The van der Waals surface area contributed by atoms with Gasteiger partial charge in [0, 0.05) is 17.0 Å². The molecule has 0 radical (unpaired) electrons. The van der Waals surface area contributed by atoms with Gasteiger partial charge < -0.3 is 42.1 Å². The number of carbonyl (C=O) groups is 2. The van der Waals surface area contributed by atoms with Crippen LogP contribution < -0.4 is 11.5 Å². The summed E-state index contributed by atoms with van der Waals surface area (Å²) < 4.78 is 0. The first-order valence-electron chi connectivity index (χ1n) is 9.89. The molecule has 2 amide bonds. The van der Waals surface area contributed by atoms with Crippen LogP contribution in [0.1, 0.15) is 43.7 Å². The molecule has 0 spiro atoms. The quantitative estimate of drug-likeness (QED) is 0.242. The third kappa shape index (κ3) is 2.44. The minimum absolute atomic E-state index is 0.156. The summed E-state index contributed by atoms with van der Waals surface area (Å²) in [6, 6.07) is 11.0. The zero-order chi connectivity index (χ0) is 23.6. The van der Waals surface area contributed by atoms with Gasteiger partial charge in [0.1, 0.15) is 22.9 Å². The highest BCUT2D eigenvalue weighted by Crippen LogP contribution is 2.75. The first-order chi connectivity index (χ1) is 15.0. The summed E-state index contributed by atoms with van der Waals surface area (Å²) in [4.78, 5) is 22.7. The molecule has 2 aromatic rings. The van der Waals surface area contributed by atoms with E-state index in [1.54, 1.807) is 0 Å². The van der Waals surface area contributed by atoms with Crippen molar-refractivity contribution in [1.82, 2.24) is 0 Å². The summed E-state index contributed by atoms with van der Waals surface area (Å²) in [5.74, 6) is -4.03. The maximum Gasteiger partial charge on any atom is 0.248 e. The molecule has 0 bridgehead atoms. The number of hydrogen-bond acceptors (Lipinski definition) is 8. The fraction of sp³-hybridized carbons (Fsp3) is 0.364. The van der Waals surface area contributed by atoms with Gasteiger partial charge in [0.2, 0.25) is 11.8 Å². The second-order valence-electron chi connectivity index (χ2n) is 8.44. The minimum Gasteiger partial charge on any atom is -0.394 e. The lowest BCUT2D eigenvalue weighted by molar-refractivity contribution is -0.459. The number of primary amides is 2. The summed E-state index contributed by atoms with van der Waals surface area (Å²) in [6.45, 7) is -0.936. The molecular formula is C22H24N2O8. The van der Waals surface area contributed by atoms with Crippen molar-refractivity contribution in [1.29, 1.82) is 0 Å². The Hall–Kier alpha value is -2.86. The van der Waals surface area contributed by atoms with Gasteiger partial charge in [0.25, 0.3) is 0 Å². The molecule has 2 saturated carbocycles. The van der Waals surface area contributed by atoms with Crippen LogP contribution in [0.4, 0.5) is 0 Å². The van der Waals surface area contributed by atoms with E-state index >= 15 is 0 Å². The molecular weight excluding hydrogens is 420 g/mol. The molecule has 7 atom stereocenters. The Morgan fingerprint density at radius 1 is 0.875 bits per heavy atom. The molecule has 2 aliphatic carbocycles. The van der Waals surface area contributed by atoms with Crippen LogP contribution in [0, 0.1) is 0 Å². The van der Waals surface area contributed by atoms with Gasteiger partial charge in [-0.2, -0.15) is 0 Å². The summed E-state index contributed by atoms with van der Waals surface area (Å²) >= 11 is 0. The Kier molecular flexibility index (Phi) is 4.94. The summed E-state index contributed by atoms with van der Waals surface area (Å²) in [7, 11) is 0. The Labute approximate surface area is 182 Å². The van der Waals surface area contributed by atoms with E-state index < -0.39 is 59.3 Å². The maximum absolute atomic E-state index is 11.5. The first kappa shape index (κ1) is 22.3. The highest BCUT2D eigenvalue weighted by Gasteiger charge is 2.93. The van der Waals surface area contributed by atoms with Gasteiger partial charge in [0.15, 0.2) is 0 Å². The van der Waals surface area contributed by atoms with E-state index in [0.29, 0.717) is 0 Å². The molecule has 2 aliphatic rings. The van der Waals surface area contributed by atoms with E-state index in [4.69, 9.17) is 11.5 Å². The lowest BCUT2D eigenvalue weighted by Crippen LogP contribution is -2.99. The average molecular weight is 444 g/mol. The normalized spacial score (nSPS) is 36.4. The van der Waals surface area contributed by atoms with E-state index in [-0.39, 0.29) is 22.3 Å². The number of aliphatic hydroxyl groups excluding tert-OH is 3. The monoisotopic (exact) mass is 444 g/mol. The largest absolute Gasteiger partial charge is 0.394 e. The second kappa shape index (κ2) is 7.07. The Morgan fingerprint density at radius 3 is 1.72 bits per heavy atom. The number of carbonyl (C=O) groups excluding carboxylic acids is 2. The number of fused-ring (bicyclic) bond motifs is 1. The lowest BCUT2D eigenvalue weighted by Gasteiger charge is -2.80. The zero-order valence-corrected chi connectivity index (χ0v) is 16.8. The second-order valence-corrected chi connectivity index (χ2v) is 8.44. The van der Waals surface area contributed by atoms with Crippen LogP contribution in [0.15, 0.2) is 48.5 Å². The molecule has 4 rings (SSSR count). The van der Waals surface area contributed by atoms with Crippen LogP contribution in [0.25, 0.3) is 0 Å². The molecule has 170 valence electrons. The van der Waals surface area contributed by atoms with Gasteiger partial charge in [-0.15, -0.1) is 0 Å². The molecule has 2 fully saturated rings. The van der Waals surface area contributed by atoms with Crippen LogP contribution in [-0.2, 0) is 0 Å². The van der Waals surface area contributed by atoms with E-state index in [1.807, 2.05) is 0 Å². The van der Waals surface area contributed by atoms with E-state index in [2.05, 4.69) is 0 Å². The van der Waals surface area contributed by atoms with Crippen molar-refractivity contribution in [2.24, 2.45) is 11.5 Å². The van der Waals surface area contributed by atoms with Gasteiger partial charge >= 0.3 is 0 Å². The molecule has 0 aromatic heterocycles. The van der Waals surface area contributed by atoms with Crippen molar-refractivity contribution >= 4 is 11.8 Å². The molecule has 10 heteroatoms. The predicted octanol–water partition coefficient (Wildman–Crippen LogP) is -2.31. The molecule has 32 heavy (non-hydrogen) atoms. The highest BCUT2D eigenvalue weighted by atomic mass is 16.5. The summed E-state index contributed by atoms with van der Waals surface area (Å²) in [5.41, 5.74) is 4.09. The molecule has 10 nitrogen and oxygen atoms in total. The topological polar surface area (TPSA) is 208 Å². The van der Waals surface area contributed by atoms with Crippen LogP contribution in [0.3, 0.4) is 0 Å². The number of amides is 2. The number of aliphatic hydroxyl groups is 6. The van der Waals surface area contributed by atoms with Gasteiger partial charge in [-0.1, -0.05) is 24.3 Å². The number of hydrogen-bond donors (Lipinski definition) is 8. The molecule has 3 unspecified atom stereocenters. The zero-order valence-electron chi connectivity index (χ0n) is 16.8. The fourth-order valence-corrected chi connectivity index (χ4v) is 5.51. The van der Waals surface area contributed by atoms with Crippen molar-refractivity contribution in [3.63, 3.8) is 0 Å².